The molecule has 0 saturated carbocycles. The summed E-state index contributed by atoms with van der Waals surface area (Å²) in [4.78, 5) is 35.7. The fourth-order valence-electron chi connectivity index (χ4n) is 2.96. The zero-order valence-corrected chi connectivity index (χ0v) is 20.4. The van der Waals surface area contributed by atoms with Gasteiger partial charge in [0.2, 0.25) is 5.91 Å². The SMILES string of the molecule is CC.COc1ccc2c(c1)C(=O)N(C)C2.O=C1CNC(=O)C(C#Cc2cc(Br)ccc2O)N1. The number of phenols is 1. The second-order valence-corrected chi connectivity index (χ2v) is 7.75. The van der Waals surface area contributed by atoms with E-state index in [4.69, 9.17) is 4.74 Å². The van der Waals surface area contributed by atoms with Gasteiger partial charge >= 0.3 is 0 Å². The van der Waals surface area contributed by atoms with E-state index in [0.29, 0.717) is 12.1 Å². The van der Waals surface area contributed by atoms with Gasteiger partial charge in [0.05, 0.1) is 19.2 Å². The minimum atomic E-state index is -0.885. The van der Waals surface area contributed by atoms with Crippen molar-refractivity contribution in [1.29, 1.82) is 0 Å². The highest BCUT2D eigenvalue weighted by molar-refractivity contribution is 9.10. The number of methoxy groups -OCH3 is 1. The number of phenolic OH excluding ortho intramolecular Hbond substituents is 1. The van der Waals surface area contributed by atoms with E-state index in [-0.39, 0.29) is 30.0 Å². The maximum atomic E-state index is 11.5. The Bertz CT molecular complexity index is 1110. The van der Waals surface area contributed by atoms with Crippen LogP contribution < -0.4 is 15.4 Å². The molecule has 4 rings (SSSR count). The number of hydrogen-bond acceptors (Lipinski definition) is 5. The van der Waals surface area contributed by atoms with E-state index in [1.807, 2.05) is 26.0 Å². The van der Waals surface area contributed by atoms with Crippen molar-refractivity contribution in [3.8, 4) is 23.3 Å². The number of piperazine rings is 1. The molecular formula is C24H26BrN3O5. The maximum absolute atomic E-state index is 11.5. The normalized spacial score (nSPS) is 16.0. The second kappa shape index (κ2) is 11.9. The molecule has 33 heavy (non-hydrogen) atoms. The summed E-state index contributed by atoms with van der Waals surface area (Å²) in [5.41, 5.74) is 2.23. The molecule has 2 heterocycles. The van der Waals surface area contributed by atoms with Gasteiger partial charge in [-0.05, 0) is 35.9 Å². The van der Waals surface area contributed by atoms with Gasteiger partial charge in [0, 0.05) is 23.6 Å². The Hall–Kier alpha value is -3.51. The Kier molecular flexibility index (Phi) is 9.30. The van der Waals surface area contributed by atoms with Crippen LogP contribution in [0.2, 0.25) is 0 Å². The Balaban J connectivity index is 0.000000227. The first kappa shape index (κ1) is 25.7. The quantitative estimate of drug-likeness (QED) is 0.505. The topological polar surface area (TPSA) is 108 Å². The lowest BCUT2D eigenvalue weighted by atomic mass is 10.1. The van der Waals surface area contributed by atoms with Gasteiger partial charge in [-0.15, -0.1) is 0 Å². The smallest absolute Gasteiger partial charge is 0.255 e. The molecule has 0 spiro atoms. The summed E-state index contributed by atoms with van der Waals surface area (Å²) in [5.74, 6) is 5.48. The molecule has 1 unspecified atom stereocenters. The number of aromatic hydroxyl groups is 1. The molecule has 8 nitrogen and oxygen atoms in total. The van der Waals surface area contributed by atoms with Crippen LogP contribution in [0.15, 0.2) is 40.9 Å². The molecule has 0 aromatic heterocycles. The van der Waals surface area contributed by atoms with Crippen molar-refractivity contribution < 1.29 is 24.2 Å². The molecule has 2 aromatic carbocycles. The first-order chi connectivity index (χ1) is 15.8. The van der Waals surface area contributed by atoms with Crippen molar-refractivity contribution in [2.24, 2.45) is 0 Å². The summed E-state index contributed by atoms with van der Waals surface area (Å²) in [5, 5.41) is 14.4. The first-order valence-electron chi connectivity index (χ1n) is 10.3. The number of nitrogens with one attached hydrogen (secondary N) is 2. The molecule has 0 radical (unpaired) electrons. The number of rotatable bonds is 1. The van der Waals surface area contributed by atoms with Crippen LogP contribution in [-0.4, -0.2) is 54.5 Å². The van der Waals surface area contributed by atoms with Crippen molar-refractivity contribution in [2.45, 2.75) is 26.4 Å². The number of nitrogens with zero attached hydrogens (tertiary/aromatic N) is 1. The van der Waals surface area contributed by atoms with Crippen LogP contribution >= 0.6 is 15.9 Å². The maximum Gasteiger partial charge on any atom is 0.255 e. The van der Waals surface area contributed by atoms with Crippen molar-refractivity contribution >= 4 is 33.7 Å². The molecule has 1 saturated heterocycles. The minimum Gasteiger partial charge on any atom is -0.507 e. The lowest BCUT2D eigenvalue weighted by molar-refractivity contribution is -0.132. The van der Waals surface area contributed by atoms with Gasteiger partial charge in [0.1, 0.15) is 11.5 Å². The predicted octanol–water partition coefficient (Wildman–Crippen LogP) is 2.43. The van der Waals surface area contributed by atoms with Crippen LogP contribution in [0, 0.1) is 11.8 Å². The highest BCUT2D eigenvalue weighted by Gasteiger charge is 2.24. The van der Waals surface area contributed by atoms with Crippen LogP contribution in [0.5, 0.6) is 11.5 Å². The largest absolute Gasteiger partial charge is 0.507 e. The summed E-state index contributed by atoms with van der Waals surface area (Å²) in [7, 11) is 3.40. The Morgan fingerprint density at radius 2 is 1.88 bits per heavy atom. The van der Waals surface area contributed by atoms with Crippen LogP contribution in [0.4, 0.5) is 0 Å². The van der Waals surface area contributed by atoms with Gasteiger partial charge in [-0.25, -0.2) is 0 Å². The number of carbonyl (C=O) groups is 3. The Morgan fingerprint density at radius 1 is 1.15 bits per heavy atom. The number of fused-ring (bicyclic) bond motifs is 1. The van der Waals surface area contributed by atoms with E-state index in [9.17, 15) is 19.5 Å². The van der Waals surface area contributed by atoms with E-state index in [1.165, 1.54) is 6.07 Å². The molecule has 2 aromatic rings. The number of amides is 3. The fraction of sp³-hybridized carbons (Fsp3) is 0.292. The number of ether oxygens (including phenoxy) is 1. The molecule has 174 valence electrons. The van der Waals surface area contributed by atoms with E-state index >= 15 is 0 Å². The van der Waals surface area contributed by atoms with Crippen LogP contribution in [0.1, 0.15) is 35.3 Å². The highest BCUT2D eigenvalue weighted by atomic mass is 79.9. The van der Waals surface area contributed by atoms with Crippen LogP contribution in [0.25, 0.3) is 0 Å². The van der Waals surface area contributed by atoms with Crippen molar-refractivity contribution in [3.63, 3.8) is 0 Å². The van der Waals surface area contributed by atoms with Crippen molar-refractivity contribution in [2.75, 3.05) is 20.7 Å². The van der Waals surface area contributed by atoms with E-state index < -0.39 is 6.04 Å². The zero-order valence-electron chi connectivity index (χ0n) is 18.9. The molecule has 2 aliphatic heterocycles. The molecule has 1 atom stereocenters. The standard InChI is InChI=1S/C12H9BrN2O3.C10H11NO2.C2H6/c13-8-2-4-10(16)7(5-8)1-3-9-12(18)14-6-11(17)15-9;1-11-6-7-3-4-8(13-2)5-9(7)10(11)12;1-2/h2,4-5,9,16H,6H2,(H,14,18)(H,15,17);3-5H,6H2,1-2H3;1-2H3. The van der Waals surface area contributed by atoms with Gasteiger partial charge in [0.15, 0.2) is 6.04 Å². The number of hydrogen-bond donors (Lipinski definition) is 3. The second-order valence-electron chi connectivity index (χ2n) is 6.83. The molecular weight excluding hydrogens is 490 g/mol. The fourth-order valence-corrected chi connectivity index (χ4v) is 3.32. The van der Waals surface area contributed by atoms with Crippen LogP contribution in [0.3, 0.4) is 0 Å². The molecule has 3 N–H and O–H groups in total. The van der Waals surface area contributed by atoms with E-state index in [2.05, 4.69) is 38.4 Å². The average Bonchev–Trinajstić information content (AvgIpc) is 3.11. The molecule has 2 aliphatic rings. The van der Waals surface area contributed by atoms with Gasteiger partial charge in [0.25, 0.3) is 11.8 Å². The molecule has 0 bridgehead atoms. The number of halogens is 1. The lowest BCUT2D eigenvalue weighted by Gasteiger charge is -2.18. The third-order valence-corrected chi connectivity index (χ3v) is 5.10. The van der Waals surface area contributed by atoms with Gasteiger partial charge in [-0.3, -0.25) is 14.4 Å². The summed E-state index contributed by atoms with van der Waals surface area (Å²) in [6.45, 7) is 4.68. The van der Waals surface area contributed by atoms with E-state index in [0.717, 1.165) is 21.3 Å². The first-order valence-corrected chi connectivity index (χ1v) is 11.1. The summed E-state index contributed by atoms with van der Waals surface area (Å²) in [6, 6.07) is 9.53. The van der Waals surface area contributed by atoms with Gasteiger partial charge < -0.3 is 25.4 Å². The summed E-state index contributed by atoms with van der Waals surface area (Å²) >= 11 is 3.26. The third kappa shape index (κ3) is 6.73. The zero-order chi connectivity index (χ0) is 24.5. The Morgan fingerprint density at radius 3 is 2.58 bits per heavy atom. The van der Waals surface area contributed by atoms with Crippen LogP contribution in [-0.2, 0) is 16.1 Å². The predicted molar refractivity (Wildman–Crippen MR) is 128 cm³/mol. The molecule has 0 aliphatic carbocycles. The summed E-state index contributed by atoms with van der Waals surface area (Å²) < 4.78 is 5.82. The molecule has 3 amide bonds. The van der Waals surface area contributed by atoms with Gasteiger partial charge in [-0.2, -0.15) is 0 Å². The average molecular weight is 516 g/mol. The molecule has 9 heteroatoms. The number of benzene rings is 2. The number of carbonyl (C=O) groups excluding carboxylic acids is 3. The van der Waals surface area contributed by atoms with E-state index in [1.54, 1.807) is 37.3 Å². The van der Waals surface area contributed by atoms with Crippen molar-refractivity contribution in [3.05, 3.63) is 57.6 Å². The molecule has 1 fully saturated rings. The minimum absolute atomic E-state index is 0.0215. The summed E-state index contributed by atoms with van der Waals surface area (Å²) in [6.07, 6.45) is 0. The van der Waals surface area contributed by atoms with Crippen molar-refractivity contribution in [1.82, 2.24) is 15.5 Å². The van der Waals surface area contributed by atoms with Gasteiger partial charge in [-0.1, -0.05) is 47.7 Å². The monoisotopic (exact) mass is 515 g/mol. The lowest BCUT2D eigenvalue weighted by Crippen LogP contribution is -2.55. The Labute approximate surface area is 201 Å². The third-order valence-electron chi connectivity index (χ3n) is 4.60. The highest BCUT2D eigenvalue weighted by Crippen LogP contribution is 2.25.